The molecule has 2 fully saturated rings. The zero-order valence-corrected chi connectivity index (χ0v) is 18.7. The standard InChI is InChI=1S/C17H28N6O2S.HI/c24-26(25)8-7-13(11-26)9-18-17(21-14-3-1-2-4-14)22-15-5-6-16-19-12-20-23(16)10-15;/h12-15H,1-11H2,(H2,18,21,22);1H. The number of guanidine groups is 1. The average molecular weight is 508 g/mol. The summed E-state index contributed by atoms with van der Waals surface area (Å²) in [6.07, 6.45) is 9.14. The molecular weight excluding hydrogens is 479 g/mol. The summed E-state index contributed by atoms with van der Waals surface area (Å²) in [4.78, 5) is 9.03. The van der Waals surface area contributed by atoms with Gasteiger partial charge in [0, 0.05) is 25.0 Å². The number of aromatic nitrogens is 3. The molecule has 152 valence electrons. The van der Waals surface area contributed by atoms with Crippen molar-refractivity contribution >= 4 is 39.8 Å². The molecule has 27 heavy (non-hydrogen) atoms. The van der Waals surface area contributed by atoms with Crippen LogP contribution in [0.25, 0.3) is 0 Å². The SMILES string of the molecule is I.O=S1(=O)CCC(CN=C(NC2CCCC2)NC2CCc3ncnn3C2)C1. The van der Waals surface area contributed by atoms with Crippen molar-refractivity contribution in [2.24, 2.45) is 10.9 Å². The van der Waals surface area contributed by atoms with E-state index in [1.165, 1.54) is 25.7 Å². The summed E-state index contributed by atoms with van der Waals surface area (Å²) >= 11 is 0. The van der Waals surface area contributed by atoms with Crippen LogP contribution >= 0.6 is 24.0 Å². The molecule has 0 bridgehead atoms. The fourth-order valence-electron chi connectivity index (χ4n) is 4.18. The number of aryl methyl sites for hydroxylation is 1. The van der Waals surface area contributed by atoms with E-state index in [1.54, 1.807) is 6.33 Å². The van der Waals surface area contributed by atoms with Crippen molar-refractivity contribution < 1.29 is 8.42 Å². The van der Waals surface area contributed by atoms with Crippen molar-refractivity contribution in [2.45, 2.75) is 63.6 Å². The van der Waals surface area contributed by atoms with E-state index >= 15 is 0 Å². The fraction of sp³-hybridized carbons (Fsp3) is 0.824. The van der Waals surface area contributed by atoms with Crippen molar-refractivity contribution in [2.75, 3.05) is 18.1 Å². The minimum Gasteiger partial charge on any atom is -0.354 e. The molecule has 4 rings (SSSR count). The number of nitrogens with zero attached hydrogens (tertiary/aromatic N) is 4. The third kappa shape index (κ3) is 5.55. The average Bonchev–Trinajstić information content (AvgIpc) is 3.33. The van der Waals surface area contributed by atoms with Crippen LogP contribution in [0, 0.1) is 5.92 Å². The maximum absolute atomic E-state index is 11.7. The monoisotopic (exact) mass is 508 g/mol. The number of hydrogen-bond donors (Lipinski definition) is 2. The number of halogens is 1. The normalized spacial score (nSPS) is 27.8. The van der Waals surface area contributed by atoms with Gasteiger partial charge in [0.1, 0.15) is 12.2 Å². The van der Waals surface area contributed by atoms with Crippen molar-refractivity contribution in [3.05, 3.63) is 12.2 Å². The molecule has 3 aliphatic rings. The van der Waals surface area contributed by atoms with Gasteiger partial charge in [-0.3, -0.25) is 4.99 Å². The van der Waals surface area contributed by atoms with Crippen molar-refractivity contribution in [3.63, 3.8) is 0 Å². The Morgan fingerprint density at radius 2 is 1.96 bits per heavy atom. The molecule has 2 aliphatic heterocycles. The highest BCUT2D eigenvalue weighted by atomic mass is 127. The van der Waals surface area contributed by atoms with Gasteiger partial charge in [0.2, 0.25) is 0 Å². The molecule has 0 aromatic carbocycles. The molecule has 0 radical (unpaired) electrons. The molecule has 0 spiro atoms. The Morgan fingerprint density at radius 1 is 1.19 bits per heavy atom. The van der Waals surface area contributed by atoms with Crippen LogP contribution in [0.1, 0.15) is 44.3 Å². The lowest BCUT2D eigenvalue weighted by Crippen LogP contribution is -2.49. The lowest BCUT2D eigenvalue weighted by Gasteiger charge is -2.27. The van der Waals surface area contributed by atoms with Gasteiger partial charge < -0.3 is 10.6 Å². The van der Waals surface area contributed by atoms with Crippen LogP contribution in [0.3, 0.4) is 0 Å². The van der Waals surface area contributed by atoms with E-state index in [2.05, 4.69) is 20.7 Å². The van der Waals surface area contributed by atoms with Crippen LogP contribution < -0.4 is 10.6 Å². The van der Waals surface area contributed by atoms with Crippen LogP contribution in [0.15, 0.2) is 11.3 Å². The minimum absolute atomic E-state index is 0. The van der Waals surface area contributed by atoms with Gasteiger partial charge in [-0.25, -0.2) is 18.1 Å². The summed E-state index contributed by atoms with van der Waals surface area (Å²) in [5, 5.41) is 11.4. The Balaban J connectivity index is 0.00000210. The number of hydrogen-bond acceptors (Lipinski definition) is 5. The smallest absolute Gasteiger partial charge is 0.191 e. The quantitative estimate of drug-likeness (QED) is 0.359. The molecule has 1 aliphatic carbocycles. The molecule has 1 aromatic rings. The van der Waals surface area contributed by atoms with Gasteiger partial charge in [0.15, 0.2) is 15.8 Å². The lowest BCUT2D eigenvalue weighted by molar-refractivity contribution is 0.390. The predicted octanol–water partition coefficient (Wildman–Crippen LogP) is 1.12. The second kappa shape index (κ2) is 9.06. The molecule has 10 heteroatoms. The van der Waals surface area contributed by atoms with E-state index in [0.717, 1.165) is 37.6 Å². The first-order valence-corrected chi connectivity index (χ1v) is 11.5. The zero-order chi connectivity index (χ0) is 18.0. The molecular formula is C17H29IN6O2S. The van der Waals surface area contributed by atoms with Crippen LogP contribution in [0.5, 0.6) is 0 Å². The molecule has 2 atom stereocenters. The van der Waals surface area contributed by atoms with Crippen LogP contribution in [0.2, 0.25) is 0 Å². The minimum atomic E-state index is -2.85. The molecule has 1 saturated heterocycles. The van der Waals surface area contributed by atoms with E-state index in [0.29, 0.717) is 18.3 Å². The Morgan fingerprint density at radius 3 is 2.70 bits per heavy atom. The van der Waals surface area contributed by atoms with Crippen molar-refractivity contribution in [3.8, 4) is 0 Å². The number of aliphatic imine (C=N–C) groups is 1. The summed E-state index contributed by atoms with van der Waals surface area (Å²) in [5.74, 6) is 2.61. The highest BCUT2D eigenvalue weighted by Crippen LogP contribution is 2.20. The third-order valence-electron chi connectivity index (χ3n) is 5.68. The Bertz CT molecular complexity index is 759. The molecule has 3 heterocycles. The van der Waals surface area contributed by atoms with Gasteiger partial charge in [0.25, 0.3) is 0 Å². The summed E-state index contributed by atoms with van der Waals surface area (Å²) in [6, 6.07) is 0.739. The fourth-order valence-corrected chi connectivity index (χ4v) is 6.03. The molecule has 2 N–H and O–H groups in total. The zero-order valence-electron chi connectivity index (χ0n) is 15.5. The van der Waals surface area contributed by atoms with E-state index in [1.807, 2.05) is 4.68 Å². The lowest BCUT2D eigenvalue weighted by atomic mass is 10.1. The summed E-state index contributed by atoms with van der Waals surface area (Å²) in [6.45, 7) is 1.36. The molecule has 8 nitrogen and oxygen atoms in total. The van der Waals surface area contributed by atoms with E-state index in [9.17, 15) is 8.42 Å². The largest absolute Gasteiger partial charge is 0.354 e. The van der Waals surface area contributed by atoms with E-state index in [4.69, 9.17) is 4.99 Å². The second-order valence-electron chi connectivity index (χ2n) is 7.82. The highest BCUT2D eigenvalue weighted by Gasteiger charge is 2.28. The van der Waals surface area contributed by atoms with Gasteiger partial charge in [-0.1, -0.05) is 12.8 Å². The van der Waals surface area contributed by atoms with E-state index in [-0.39, 0.29) is 41.7 Å². The highest BCUT2D eigenvalue weighted by molar-refractivity contribution is 14.0. The van der Waals surface area contributed by atoms with Gasteiger partial charge >= 0.3 is 0 Å². The van der Waals surface area contributed by atoms with E-state index < -0.39 is 9.84 Å². The van der Waals surface area contributed by atoms with Gasteiger partial charge in [-0.15, -0.1) is 24.0 Å². The van der Waals surface area contributed by atoms with Crippen molar-refractivity contribution in [1.29, 1.82) is 0 Å². The van der Waals surface area contributed by atoms with Crippen LogP contribution in [-0.4, -0.2) is 59.3 Å². The Kier molecular flexibility index (Phi) is 6.98. The number of fused-ring (bicyclic) bond motifs is 1. The Labute approximate surface area is 177 Å². The van der Waals surface area contributed by atoms with Gasteiger partial charge in [-0.05, 0) is 31.6 Å². The summed E-state index contributed by atoms with van der Waals surface area (Å²) < 4.78 is 25.3. The topological polar surface area (TPSA) is 101 Å². The van der Waals surface area contributed by atoms with Crippen molar-refractivity contribution in [1.82, 2.24) is 25.4 Å². The molecule has 0 amide bonds. The van der Waals surface area contributed by atoms with Crippen LogP contribution in [0.4, 0.5) is 0 Å². The first kappa shape index (κ1) is 20.8. The maximum Gasteiger partial charge on any atom is 0.191 e. The van der Waals surface area contributed by atoms with Crippen LogP contribution in [-0.2, 0) is 22.8 Å². The molecule has 2 unspecified atom stereocenters. The third-order valence-corrected chi connectivity index (χ3v) is 7.51. The summed E-state index contributed by atoms with van der Waals surface area (Å²) in [5.41, 5.74) is 0. The first-order valence-electron chi connectivity index (χ1n) is 9.72. The maximum atomic E-state index is 11.7. The first-order chi connectivity index (χ1) is 12.6. The van der Waals surface area contributed by atoms with Gasteiger partial charge in [0.05, 0.1) is 18.1 Å². The number of nitrogens with one attached hydrogen (secondary N) is 2. The molecule has 1 aromatic heterocycles. The predicted molar refractivity (Wildman–Crippen MR) is 115 cm³/mol. The Hall–Kier alpha value is -0.910. The second-order valence-corrected chi connectivity index (χ2v) is 10.1. The number of rotatable bonds is 4. The number of sulfone groups is 1. The summed E-state index contributed by atoms with van der Waals surface area (Å²) in [7, 11) is -2.85. The molecule has 1 saturated carbocycles. The van der Waals surface area contributed by atoms with Gasteiger partial charge in [-0.2, -0.15) is 5.10 Å².